The van der Waals surface area contributed by atoms with Crippen molar-refractivity contribution in [2.45, 2.75) is 63.5 Å². The second-order valence-electron chi connectivity index (χ2n) is 6.75. The number of rotatable bonds is 3. The van der Waals surface area contributed by atoms with Crippen molar-refractivity contribution in [3.63, 3.8) is 0 Å². The minimum absolute atomic E-state index is 0.111. The first-order valence-electron chi connectivity index (χ1n) is 8.25. The summed E-state index contributed by atoms with van der Waals surface area (Å²) < 4.78 is 6.20. The predicted octanol–water partition coefficient (Wildman–Crippen LogP) is 3.02. The summed E-state index contributed by atoms with van der Waals surface area (Å²) in [5.41, 5.74) is 5.43. The van der Waals surface area contributed by atoms with Gasteiger partial charge in [0.05, 0.1) is 17.3 Å². The summed E-state index contributed by atoms with van der Waals surface area (Å²) in [6.07, 6.45) is 10.4. The zero-order valence-electron chi connectivity index (χ0n) is 13.0. The van der Waals surface area contributed by atoms with Crippen molar-refractivity contribution in [3.05, 3.63) is 29.6 Å². The third-order valence-electron chi connectivity index (χ3n) is 5.20. The second-order valence-corrected chi connectivity index (χ2v) is 6.75. The summed E-state index contributed by atoms with van der Waals surface area (Å²) in [6.45, 7) is 2.96. The van der Waals surface area contributed by atoms with Crippen LogP contribution >= 0.6 is 0 Å². The van der Waals surface area contributed by atoms with Crippen LogP contribution in [0.2, 0.25) is 0 Å². The van der Waals surface area contributed by atoms with Gasteiger partial charge in [-0.1, -0.05) is 19.3 Å². The van der Waals surface area contributed by atoms with Crippen LogP contribution in [0.5, 0.6) is 0 Å². The Balaban J connectivity index is 1.77. The van der Waals surface area contributed by atoms with E-state index in [2.05, 4.69) is 23.4 Å². The number of hydrogen-bond donors (Lipinski definition) is 2. The van der Waals surface area contributed by atoms with Crippen LogP contribution in [0, 0.1) is 12.8 Å². The summed E-state index contributed by atoms with van der Waals surface area (Å²) in [5, 5.41) is 0. The Kier molecular flexibility index (Phi) is 4.57. The molecule has 3 N–H and O–H groups in total. The van der Waals surface area contributed by atoms with Crippen LogP contribution < -0.4 is 11.3 Å². The summed E-state index contributed by atoms with van der Waals surface area (Å²) in [5.74, 6) is 6.38. The van der Waals surface area contributed by atoms with E-state index < -0.39 is 0 Å². The van der Waals surface area contributed by atoms with E-state index in [9.17, 15) is 0 Å². The number of nitrogens with two attached hydrogens (primary N) is 1. The smallest absolute Gasteiger partial charge is 0.0686 e. The Morgan fingerprint density at radius 3 is 2.90 bits per heavy atom. The molecule has 21 heavy (non-hydrogen) atoms. The predicted molar refractivity (Wildman–Crippen MR) is 83.5 cm³/mol. The van der Waals surface area contributed by atoms with Gasteiger partial charge in [-0.25, -0.2) is 0 Å². The van der Waals surface area contributed by atoms with Crippen LogP contribution in [0.4, 0.5) is 0 Å². The highest BCUT2D eigenvalue weighted by atomic mass is 16.5. The number of hydrogen-bond acceptors (Lipinski definition) is 4. The number of nitrogens with one attached hydrogen (secondary N) is 1. The molecular formula is C17H27N3O. The fraction of sp³-hybridized carbons (Fsp3) is 0.706. The van der Waals surface area contributed by atoms with Crippen LogP contribution in [0.3, 0.4) is 0 Å². The number of aromatic nitrogens is 1. The van der Waals surface area contributed by atoms with Gasteiger partial charge in [0.25, 0.3) is 0 Å². The summed E-state index contributed by atoms with van der Waals surface area (Å²) in [4.78, 5) is 4.54. The number of ether oxygens (including phenoxy) is 1. The first kappa shape index (κ1) is 14.9. The van der Waals surface area contributed by atoms with E-state index in [4.69, 9.17) is 10.6 Å². The minimum atomic E-state index is 0.111. The minimum Gasteiger partial charge on any atom is -0.375 e. The van der Waals surface area contributed by atoms with Gasteiger partial charge in [-0.15, -0.1) is 0 Å². The molecule has 1 aromatic heterocycles. The van der Waals surface area contributed by atoms with Crippen molar-refractivity contribution in [1.82, 2.24) is 10.4 Å². The molecular weight excluding hydrogens is 262 g/mol. The number of nitrogens with zero attached hydrogens (tertiary/aromatic N) is 1. The lowest BCUT2D eigenvalue weighted by atomic mass is 9.73. The molecule has 116 valence electrons. The van der Waals surface area contributed by atoms with E-state index in [0.29, 0.717) is 5.92 Å². The van der Waals surface area contributed by atoms with Crippen LogP contribution in [0.1, 0.15) is 62.2 Å². The highest BCUT2D eigenvalue weighted by Gasteiger charge is 2.41. The molecule has 0 aromatic carbocycles. The normalized spacial score (nSPS) is 26.7. The highest BCUT2D eigenvalue weighted by Crippen LogP contribution is 2.43. The van der Waals surface area contributed by atoms with Gasteiger partial charge in [-0.3, -0.25) is 16.3 Å². The van der Waals surface area contributed by atoms with Gasteiger partial charge < -0.3 is 4.74 Å². The van der Waals surface area contributed by atoms with Crippen molar-refractivity contribution < 1.29 is 4.74 Å². The standard InChI is InChI=1S/C17H27N3O/c1-13-5-9-19-15(11-13)16(20-18)14-6-10-21-17(12-14)7-3-2-4-8-17/h5,9,11,14,16,20H,2-4,6-8,10,12,18H2,1H3. The molecule has 2 aliphatic rings. The van der Waals surface area contributed by atoms with Gasteiger partial charge in [-0.05, 0) is 56.2 Å². The molecule has 1 saturated heterocycles. The molecule has 1 aromatic rings. The molecule has 2 unspecified atom stereocenters. The Hall–Kier alpha value is -0.970. The van der Waals surface area contributed by atoms with Crippen LogP contribution in [-0.4, -0.2) is 17.2 Å². The average molecular weight is 289 g/mol. The molecule has 1 spiro atoms. The molecule has 1 aliphatic heterocycles. The van der Waals surface area contributed by atoms with Crippen molar-refractivity contribution in [1.29, 1.82) is 0 Å². The zero-order valence-corrected chi connectivity index (χ0v) is 13.0. The number of aryl methyl sites for hydroxylation is 1. The lowest BCUT2D eigenvalue weighted by molar-refractivity contribution is -0.122. The van der Waals surface area contributed by atoms with Crippen molar-refractivity contribution >= 4 is 0 Å². The van der Waals surface area contributed by atoms with E-state index in [1.54, 1.807) is 0 Å². The molecule has 1 saturated carbocycles. The van der Waals surface area contributed by atoms with E-state index in [1.165, 1.54) is 37.7 Å². The molecule has 2 fully saturated rings. The van der Waals surface area contributed by atoms with E-state index in [0.717, 1.165) is 25.1 Å². The van der Waals surface area contributed by atoms with E-state index >= 15 is 0 Å². The van der Waals surface area contributed by atoms with Gasteiger partial charge in [0.2, 0.25) is 0 Å². The Morgan fingerprint density at radius 2 is 2.19 bits per heavy atom. The maximum absolute atomic E-state index is 6.20. The van der Waals surface area contributed by atoms with Gasteiger partial charge in [0, 0.05) is 12.8 Å². The molecule has 0 amide bonds. The van der Waals surface area contributed by atoms with Crippen LogP contribution in [0.15, 0.2) is 18.3 Å². The summed E-state index contributed by atoms with van der Waals surface area (Å²) in [6, 6.07) is 4.31. The van der Waals surface area contributed by atoms with Crippen LogP contribution in [-0.2, 0) is 4.74 Å². The first-order valence-corrected chi connectivity index (χ1v) is 8.25. The first-order chi connectivity index (χ1) is 10.2. The van der Waals surface area contributed by atoms with Crippen molar-refractivity contribution in [2.75, 3.05) is 6.61 Å². The topological polar surface area (TPSA) is 60.2 Å². The maximum Gasteiger partial charge on any atom is 0.0686 e. The van der Waals surface area contributed by atoms with Gasteiger partial charge >= 0.3 is 0 Å². The zero-order chi connectivity index (χ0) is 14.7. The monoisotopic (exact) mass is 289 g/mol. The largest absolute Gasteiger partial charge is 0.375 e. The third kappa shape index (κ3) is 3.28. The molecule has 2 heterocycles. The quantitative estimate of drug-likeness (QED) is 0.663. The van der Waals surface area contributed by atoms with Gasteiger partial charge in [-0.2, -0.15) is 0 Å². The number of pyridine rings is 1. The van der Waals surface area contributed by atoms with E-state index in [-0.39, 0.29) is 11.6 Å². The van der Waals surface area contributed by atoms with Crippen molar-refractivity contribution in [3.8, 4) is 0 Å². The lowest BCUT2D eigenvalue weighted by Crippen LogP contribution is -2.46. The Morgan fingerprint density at radius 1 is 1.38 bits per heavy atom. The number of hydrazine groups is 1. The SMILES string of the molecule is Cc1ccnc(C(NN)C2CCOC3(CCCCC3)C2)c1. The maximum atomic E-state index is 6.20. The molecule has 4 nitrogen and oxygen atoms in total. The Labute approximate surface area is 127 Å². The Bertz CT molecular complexity index is 465. The highest BCUT2D eigenvalue weighted by molar-refractivity contribution is 5.18. The fourth-order valence-electron chi connectivity index (χ4n) is 4.09. The van der Waals surface area contributed by atoms with Gasteiger partial charge in [0.15, 0.2) is 0 Å². The molecule has 0 bridgehead atoms. The molecule has 4 heteroatoms. The third-order valence-corrected chi connectivity index (χ3v) is 5.20. The van der Waals surface area contributed by atoms with E-state index in [1.807, 2.05) is 12.3 Å². The average Bonchev–Trinajstić information content (AvgIpc) is 2.49. The van der Waals surface area contributed by atoms with Crippen LogP contribution in [0.25, 0.3) is 0 Å². The molecule has 1 aliphatic carbocycles. The summed E-state index contributed by atoms with van der Waals surface area (Å²) in [7, 11) is 0. The lowest BCUT2D eigenvalue weighted by Gasteiger charge is -2.45. The van der Waals surface area contributed by atoms with Gasteiger partial charge in [0.1, 0.15) is 0 Å². The second kappa shape index (κ2) is 6.42. The molecule has 3 rings (SSSR count). The molecule has 2 atom stereocenters. The summed E-state index contributed by atoms with van der Waals surface area (Å²) >= 11 is 0. The fourth-order valence-corrected chi connectivity index (χ4v) is 4.09. The van der Waals surface area contributed by atoms with Crippen molar-refractivity contribution in [2.24, 2.45) is 11.8 Å². The molecule has 0 radical (unpaired) electrons.